The maximum Gasteiger partial charge on any atom is 0.318 e. The average molecular weight is 542 g/mol. The standard InChI is InChI=1S/C22H27N3O7S3/c1-14(2)21(26)25-32-35(30,31)19-8-6-5-7-16(19)9-10-17-11-12-18(13-20(17)34(27,28)29)24-22(33)23-15(3)4/h5-15H,1-4H3,(H,25,26)(H2,23,24,33)(H,27,28,29). The molecule has 0 atom stereocenters. The van der Waals surface area contributed by atoms with Gasteiger partial charge in [0, 0.05) is 17.6 Å². The maximum atomic E-state index is 12.6. The molecule has 0 heterocycles. The van der Waals surface area contributed by atoms with Gasteiger partial charge in [0.2, 0.25) is 5.91 Å². The van der Waals surface area contributed by atoms with E-state index >= 15 is 0 Å². The van der Waals surface area contributed by atoms with Crippen LogP contribution in [0.25, 0.3) is 12.2 Å². The second-order valence-corrected chi connectivity index (χ2v) is 11.3. The molecule has 0 fully saturated rings. The molecule has 4 N–H and O–H groups in total. The molecule has 2 aromatic rings. The lowest BCUT2D eigenvalue weighted by Crippen LogP contribution is -2.33. The molecule has 0 aromatic heterocycles. The summed E-state index contributed by atoms with van der Waals surface area (Å²) in [6.07, 6.45) is 2.68. The van der Waals surface area contributed by atoms with Gasteiger partial charge in [0.1, 0.15) is 9.79 Å². The molecule has 13 heteroatoms. The van der Waals surface area contributed by atoms with Gasteiger partial charge in [-0.25, -0.2) is 5.48 Å². The Morgan fingerprint density at radius 2 is 1.57 bits per heavy atom. The van der Waals surface area contributed by atoms with Crippen molar-refractivity contribution in [3.8, 4) is 0 Å². The van der Waals surface area contributed by atoms with Gasteiger partial charge in [0.25, 0.3) is 10.1 Å². The Morgan fingerprint density at radius 1 is 0.971 bits per heavy atom. The summed E-state index contributed by atoms with van der Waals surface area (Å²) in [5.74, 6) is -1.11. The third-order valence-corrected chi connectivity index (χ3v) is 6.72. The zero-order chi connectivity index (χ0) is 26.4. The highest BCUT2D eigenvalue weighted by Gasteiger charge is 2.21. The van der Waals surface area contributed by atoms with Crippen molar-refractivity contribution in [3.63, 3.8) is 0 Å². The SMILES string of the molecule is CC(C)NC(=S)Nc1ccc(C=Cc2ccccc2S(=O)(=O)ONC(=O)C(C)C)c(S(=O)(=O)O)c1. The van der Waals surface area contributed by atoms with Crippen molar-refractivity contribution < 1.29 is 30.5 Å². The molecule has 0 unspecified atom stereocenters. The fourth-order valence-electron chi connectivity index (χ4n) is 2.69. The molecule has 0 saturated carbocycles. The summed E-state index contributed by atoms with van der Waals surface area (Å²) in [5.41, 5.74) is 2.49. The van der Waals surface area contributed by atoms with Crippen LogP contribution in [-0.2, 0) is 29.3 Å². The highest BCUT2D eigenvalue weighted by molar-refractivity contribution is 7.86. The molecule has 1 amide bonds. The molecule has 35 heavy (non-hydrogen) atoms. The fourth-order valence-corrected chi connectivity index (χ4v) is 4.70. The summed E-state index contributed by atoms with van der Waals surface area (Å²) in [7, 11) is -9.00. The van der Waals surface area contributed by atoms with Crippen LogP contribution in [0.15, 0.2) is 52.3 Å². The van der Waals surface area contributed by atoms with Gasteiger partial charge in [-0.3, -0.25) is 9.35 Å². The van der Waals surface area contributed by atoms with Crippen LogP contribution in [0.3, 0.4) is 0 Å². The Bertz CT molecular complexity index is 1340. The number of rotatable bonds is 9. The van der Waals surface area contributed by atoms with Gasteiger partial charge < -0.3 is 10.6 Å². The normalized spacial score (nSPS) is 12.2. The molecule has 2 aromatic carbocycles. The van der Waals surface area contributed by atoms with E-state index in [2.05, 4.69) is 14.9 Å². The third-order valence-electron chi connectivity index (χ3n) is 4.38. The number of carbonyl (C=O) groups is 1. The number of amides is 1. The Balaban J connectivity index is 2.39. The van der Waals surface area contributed by atoms with E-state index < -0.39 is 37.0 Å². The lowest BCUT2D eigenvalue weighted by molar-refractivity contribution is -0.130. The minimum Gasteiger partial charge on any atom is -0.360 e. The first-order valence-electron chi connectivity index (χ1n) is 10.4. The van der Waals surface area contributed by atoms with Crippen LogP contribution in [0.1, 0.15) is 38.8 Å². The van der Waals surface area contributed by atoms with Gasteiger partial charge in [-0.1, -0.05) is 50.3 Å². The van der Waals surface area contributed by atoms with Gasteiger partial charge in [-0.2, -0.15) is 16.8 Å². The molecule has 10 nitrogen and oxygen atoms in total. The Kier molecular flexibility index (Phi) is 9.52. The van der Waals surface area contributed by atoms with Gasteiger partial charge in [-0.05, 0) is 55.4 Å². The Morgan fingerprint density at radius 3 is 2.14 bits per heavy atom. The van der Waals surface area contributed by atoms with E-state index in [0.29, 0.717) is 5.69 Å². The van der Waals surface area contributed by atoms with Crippen LogP contribution in [0.5, 0.6) is 0 Å². The van der Waals surface area contributed by atoms with E-state index in [9.17, 15) is 26.2 Å². The van der Waals surface area contributed by atoms with Crippen LogP contribution in [-0.4, -0.2) is 38.4 Å². The zero-order valence-corrected chi connectivity index (χ0v) is 21.9. The Hall–Kier alpha value is -2.84. The van der Waals surface area contributed by atoms with Crippen molar-refractivity contribution in [2.75, 3.05) is 5.32 Å². The second-order valence-electron chi connectivity index (χ2n) is 8.01. The van der Waals surface area contributed by atoms with Gasteiger partial charge in [-0.15, -0.1) is 4.28 Å². The molecule has 0 saturated heterocycles. The van der Waals surface area contributed by atoms with E-state index in [4.69, 9.17) is 12.2 Å². The van der Waals surface area contributed by atoms with E-state index in [1.807, 2.05) is 19.3 Å². The predicted molar refractivity (Wildman–Crippen MR) is 137 cm³/mol. The summed E-state index contributed by atoms with van der Waals surface area (Å²) in [4.78, 5) is 11.0. The molecule has 0 aliphatic rings. The maximum absolute atomic E-state index is 12.6. The monoisotopic (exact) mass is 541 g/mol. The first kappa shape index (κ1) is 28.4. The largest absolute Gasteiger partial charge is 0.360 e. The zero-order valence-electron chi connectivity index (χ0n) is 19.5. The van der Waals surface area contributed by atoms with Crippen molar-refractivity contribution in [3.05, 3.63) is 53.6 Å². The van der Waals surface area contributed by atoms with Crippen molar-refractivity contribution in [2.24, 2.45) is 5.92 Å². The quantitative estimate of drug-likeness (QED) is 0.161. The molecule has 0 spiro atoms. The number of benzene rings is 2. The molecule has 2 rings (SSSR count). The van der Waals surface area contributed by atoms with E-state index in [0.717, 1.165) is 0 Å². The summed E-state index contributed by atoms with van der Waals surface area (Å²) < 4.78 is 63.6. The minimum atomic E-state index is -4.63. The highest BCUT2D eigenvalue weighted by Crippen LogP contribution is 2.25. The van der Waals surface area contributed by atoms with E-state index in [-0.39, 0.29) is 27.2 Å². The van der Waals surface area contributed by atoms with E-state index in [1.165, 1.54) is 42.5 Å². The number of hydrogen-bond acceptors (Lipinski definition) is 7. The molecular weight excluding hydrogens is 514 g/mol. The number of nitrogens with one attached hydrogen (secondary N) is 3. The number of thiocarbonyl (C=S) groups is 1. The van der Waals surface area contributed by atoms with Gasteiger partial charge in [0.15, 0.2) is 5.11 Å². The van der Waals surface area contributed by atoms with Gasteiger partial charge >= 0.3 is 10.1 Å². The summed E-state index contributed by atoms with van der Waals surface area (Å²) in [5, 5.41) is 6.06. The number of hydroxylamine groups is 1. The van der Waals surface area contributed by atoms with Gasteiger partial charge in [0.05, 0.1) is 0 Å². The first-order chi connectivity index (χ1) is 16.2. The number of anilines is 1. The van der Waals surface area contributed by atoms with Crippen LogP contribution in [0, 0.1) is 5.92 Å². The molecule has 0 aliphatic heterocycles. The van der Waals surface area contributed by atoms with Crippen molar-refractivity contribution in [2.45, 2.75) is 43.5 Å². The predicted octanol–water partition coefficient (Wildman–Crippen LogP) is 3.19. The lowest BCUT2D eigenvalue weighted by Gasteiger charge is -2.14. The summed E-state index contributed by atoms with van der Waals surface area (Å²) in [6.45, 7) is 6.91. The summed E-state index contributed by atoms with van der Waals surface area (Å²) >= 11 is 5.15. The number of hydrogen-bond donors (Lipinski definition) is 4. The highest BCUT2D eigenvalue weighted by atomic mass is 32.2. The smallest absolute Gasteiger partial charge is 0.318 e. The minimum absolute atomic E-state index is 0.0530. The summed E-state index contributed by atoms with van der Waals surface area (Å²) in [6, 6.07) is 10.0. The molecule has 0 radical (unpaired) electrons. The second kappa shape index (κ2) is 11.7. The molecule has 0 aliphatic carbocycles. The fraction of sp³-hybridized carbons (Fsp3) is 0.273. The molecule has 0 bridgehead atoms. The topological polar surface area (TPSA) is 151 Å². The van der Waals surface area contributed by atoms with Crippen LogP contribution in [0.4, 0.5) is 5.69 Å². The number of carbonyl (C=O) groups excluding carboxylic acids is 1. The van der Waals surface area contributed by atoms with Crippen molar-refractivity contribution in [1.82, 2.24) is 10.8 Å². The third kappa shape index (κ3) is 8.40. The molecular formula is C22H27N3O7S3. The van der Waals surface area contributed by atoms with Crippen LogP contribution in [0.2, 0.25) is 0 Å². The van der Waals surface area contributed by atoms with E-state index in [1.54, 1.807) is 26.0 Å². The first-order valence-corrected chi connectivity index (χ1v) is 13.7. The van der Waals surface area contributed by atoms with Crippen molar-refractivity contribution in [1.29, 1.82) is 0 Å². The van der Waals surface area contributed by atoms with Crippen molar-refractivity contribution >= 4 is 61.3 Å². The average Bonchev–Trinajstić information content (AvgIpc) is 2.75. The lowest BCUT2D eigenvalue weighted by atomic mass is 10.1. The Labute approximate surface area is 210 Å². The van der Waals surface area contributed by atoms with Crippen LogP contribution < -0.4 is 16.1 Å². The van der Waals surface area contributed by atoms with Crippen LogP contribution >= 0.6 is 12.2 Å². The molecule has 190 valence electrons.